The zero-order chi connectivity index (χ0) is 26.8. The van der Waals surface area contributed by atoms with Crippen molar-refractivity contribution in [3.8, 4) is 0 Å². The van der Waals surface area contributed by atoms with Crippen molar-refractivity contribution in [3.05, 3.63) is 18.2 Å². The van der Waals surface area contributed by atoms with Crippen molar-refractivity contribution in [2.24, 2.45) is 0 Å². The molecule has 0 radical (unpaired) electrons. The lowest BCUT2D eigenvalue weighted by molar-refractivity contribution is 0.435. The molecule has 0 amide bonds. The molecule has 0 bridgehead atoms. The first-order valence-corrected chi connectivity index (χ1v) is 17.2. The molecule has 2 heteroatoms. The zero-order valence-electron chi connectivity index (χ0n) is 26.1. The molecule has 0 aromatic carbocycles. The van der Waals surface area contributed by atoms with Gasteiger partial charge in [0.05, 0.1) is 0 Å². The van der Waals surface area contributed by atoms with E-state index in [-0.39, 0.29) is 0 Å². The van der Waals surface area contributed by atoms with Crippen LogP contribution in [0.4, 0.5) is 0 Å². The minimum absolute atomic E-state index is 0.586. The van der Waals surface area contributed by atoms with Crippen LogP contribution in [0.1, 0.15) is 212 Å². The number of imidazole rings is 1. The van der Waals surface area contributed by atoms with E-state index >= 15 is 0 Å². The maximum absolute atomic E-state index is 4.78. The summed E-state index contributed by atoms with van der Waals surface area (Å²) in [6, 6.07) is 0.588. The highest BCUT2D eigenvalue weighted by Gasteiger charge is 2.15. The van der Waals surface area contributed by atoms with E-state index in [1.165, 1.54) is 173 Å². The quantitative estimate of drug-likeness (QED) is 0.101. The van der Waals surface area contributed by atoms with Crippen LogP contribution < -0.4 is 0 Å². The molecule has 0 N–H and O–H groups in total. The van der Waals surface area contributed by atoms with Crippen LogP contribution in [0.2, 0.25) is 0 Å². The molecule has 37 heavy (non-hydrogen) atoms. The predicted octanol–water partition coefficient (Wildman–Crippen LogP) is 12.7. The van der Waals surface area contributed by atoms with Crippen LogP contribution in [-0.2, 0) is 0 Å². The fourth-order valence-electron chi connectivity index (χ4n) is 5.92. The van der Waals surface area contributed by atoms with E-state index in [0.717, 1.165) is 0 Å². The summed E-state index contributed by atoms with van der Waals surface area (Å²) >= 11 is 0. The number of nitrogens with zero attached hydrogens (tertiary/aromatic N) is 2. The van der Waals surface area contributed by atoms with Gasteiger partial charge in [0, 0.05) is 24.4 Å². The Morgan fingerprint density at radius 2 is 0.865 bits per heavy atom. The van der Waals surface area contributed by atoms with Gasteiger partial charge in [0.25, 0.3) is 0 Å². The summed E-state index contributed by atoms with van der Waals surface area (Å²) in [5, 5.41) is 0. The van der Waals surface area contributed by atoms with Crippen LogP contribution in [0, 0.1) is 0 Å². The minimum atomic E-state index is 0.586. The molecule has 0 saturated carbocycles. The molecule has 0 spiro atoms. The average Bonchev–Trinajstić information content (AvgIpc) is 3.40. The van der Waals surface area contributed by atoms with Gasteiger partial charge in [0.2, 0.25) is 0 Å². The second-order valence-corrected chi connectivity index (χ2v) is 12.3. The van der Waals surface area contributed by atoms with Crippen molar-refractivity contribution in [2.45, 2.75) is 207 Å². The highest BCUT2D eigenvalue weighted by molar-refractivity contribution is 5.00. The molecule has 0 saturated heterocycles. The first kappa shape index (κ1) is 34.2. The largest absolute Gasteiger partial charge is 0.332 e. The molecule has 0 aliphatic rings. The molecule has 1 rings (SSSR count). The van der Waals surface area contributed by atoms with Crippen LogP contribution >= 0.6 is 0 Å². The SMILES string of the molecule is CCCCCCCCCCCCCCCCC(C)c1nccn1C(C)CCCCCCCCCCCC. The minimum Gasteiger partial charge on any atom is -0.332 e. The van der Waals surface area contributed by atoms with Crippen molar-refractivity contribution in [3.63, 3.8) is 0 Å². The summed E-state index contributed by atoms with van der Waals surface area (Å²) in [5.74, 6) is 1.91. The third-order valence-electron chi connectivity index (χ3n) is 8.58. The second kappa shape index (κ2) is 25.5. The van der Waals surface area contributed by atoms with Crippen LogP contribution in [-0.4, -0.2) is 9.55 Å². The summed E-state index contributed by atoms with van der Waals surface area (Å²) in [5.41, 5.74) is 0. The lowest BCUT2D eigenvalue weighted by Crippen LogP contribution is -2.11. The third kappa shape index (κ3) is 19.0. The Balaban J connectivity index is 2.02. The predicted molar refractivity (Wildman–Crippen MR) is 167 cm³/mol. The molecule has 2 atom stereocenters. The van der Waals surface area contributed by atoms with E-state index in [9.17, 15) is 0 Å². The average molecular weight is 517 g/mol. The van der Waals surface area contributed by atoms with E-state index < -0.39 is 0 Å². The van der Waals surface area contributed by atoms with Gasteiger partial charge >= 0.3 is 0 Å². The van der Waals surface area contributed by atoms with Gasteiger partial charge in [-0.2, -0.15) is 0 Å². The highest BCUT2D eigenvalue weighted by atomic mass is 15.1. The van der Waals surface area contributed by atoms with Crippen molar-refractivity contribution in [1.82, 2.24) is 9.55 Å². The molecule has 0 fully saturated rings. The monoisotopic (exact) mass is 517 g/mol. The summed E-state index contributed by atoms with van der Waals surface area (Å²) in [6.45, 7) is 9.40. The molecule has 218 valence electrons. The summed E-state index contributed by atoms with van der Waals surface area (Å²) in [6.07, 6.45) is 41.2. The normalized spacial score (nSPS) is 13.3. The van der Waals surface area contributed by atoms with E-state index in [1.807, 2.05) is 6.20 Å². The first-order chi connectivity index (χ1) is 18.2. The van der Waals surface area contributed by atoms with Crippen molar-refractivity contribution < 1.29 is 0 Å². The molecular formula is C35H68N2. The molecule has 0 aliphatic carbocycles. The van der Waals surface area contributed by atoms with Crippen LogP contribution in [0.15, 0.2) is 12.4 Å². The summed E-state index contributed by atoms with van der Waals surface area (Å²) < 4.78 is 2.49. The Hall–Kier alpha value is -0.790. The van der Waals surface area contributed by atoms with Gasteiger partial charge in [-0.3, -0.25) is 0 Å². The smallest absolute Gasteiger partial charge is 0.111 e. The van der Waals surface area contributed by atoms with Crippen LogP contribution in [0.3, 0.4) is 0 Å². The van der Waals surface area contributed by atoms with Gasteiger partial charge in [-0.15, -0.1) is 0 Å². The standard InChI is InChI=1S/C35H68N2/c1-5-7-9-11-13-15-17-18-19-20-21-23-25-27-29-33(3)35-36-31-32-37(35)34(4)30-28-26-24-22-16-14-12-10-8-6-2/h31-34H,5-30H2,1-4H3. The lowest BCUT2D eigenvalue weighted by Gasteiger charge is -2.20. The van der Waals surface area contributed by atoms with Gasteiger partial charge < -0.3 is 4.57 Å². The van der Waals surface area contributed by atoms with Crippen LogP contribution in [0.5, 0.6) is 0 Å². The third-order valence-corrected chi connectivity index (χ3v) is 8.58. The van der Waals surface area contributed by atoms with Gasteiger partial charge in [0.1, 0.15) is 5.82 Å². The van der Waals surface area contributed by atoms with E-state index in [1.54, 1.807) is 0 Å². The van der Waals surface area contributed by atoms with Gasteiger partial charge in [-0.25, -0.2) is 4.98 Å². The Labute approximate surface area is 234 Å². The Morgan fingerprint density at radius 3 is 1.27 bits per heavy atom. The first-order valence-electron chi connectivity index (χ1n) is 17.2. The van der Waals surface area contributed by atoms with E-state index in [0.29, 0.717) is 12.0 Å². The number of hydrogen-bond donors (Lipinski definition) is 0. The second-order valence-electron chi connectivity index (χ2n) is 12.3. The highest BCUT2D eigenvalue weighted by Crippen LogP contribution is 2.26. The molecule has 1 aromatic rings. The van der Waals surface area contributed by atoms with E-state index in [4.69, 9.17) is 4.98 Å². The molecule has 2 unspecified atom stereocenters. The summed E-state index contributed by atoms with van der Waals surface area (Å²) in [7, 11) is 0. The summed E-state index contributed by atoms with van der Waals surface area (Å²) in [4.78, 5) is 4.78. The molecule has 2 nitrogen and oxygen atoms in total. The molecular weight excluding hydrogens is 448 g/mol. The fourth-order valence-corrected chi connectivity index (χ4v) is 5.92. The van der Waals surface area contributed by atoms with Crippen LogP contribution in [0.25, 0.3) is 0 Å². The van der Waals surface area contributed by atoms with Crippen molar-refractivity contribution in [1.29, 1.82) is 0 Å². The number of rotatable bonds is 28. The zero-order valence-corrected chi connectivity index (χ0v) is 26.1. The Kier molecular flexibility index (Phi) is 23.6. The maximum atomic E-state index is 4.78. The number of unbranched alkanes of at least 4 members (excludes halogenated alkanes) is 22. The van der Waals surface area contributed by atoms with Gasteiger partial charge in [0.15, 0.2) is 0 Å². The molecule has 0 aliphatic heterocycles. The molecule has 1 heterocycles. The van der Waals surface area contributed by atoms with Gasteiger partial charge in [-0.1, -0.05) is 175 Å². The molecule has 1 aromatic heterocycles. The topological polar surface area (TPSA) is 17.8 Å². The van der Waals surface area contributed by atoms with Crippen molar-refractivity contribution >= 4 is 0 Å². The van der Waals surface area contributed by atoms with Gasteiger partial charge in [-0.05, 0) is 19.8 Å². The fraction of sp³-hybridized carbons (Fsp3) is 0.914. The number of hydrogen-bond acceptors (Lipinski definition) is 1. The Morgan fingerprint density at radius 1 is 0.514 bits per heavy atom. The lowest BCUT2D eigenvalue weighted by atomic mass is 9.99. The van der Waals surface area contributed by atoms with E-state index in [2.05, 4.69) is 38.5 Å². The maximum Gasteiger partial charge on any atom is 0.111 e. The Bertz CT molecular complexity index is 578. The number of aromatic nitrogens is 2. The van der Waals surface area contributed by atoms with Crippen molar-refractivity contribution in [2.75, 3.05) is 0 Å².